The van der Waals surface area contributed by atoms with Crippen LogP contribution in [0.1, 0.15) is 47.7 Å². The van der Waals surface area contributed by atoms with Crippen LogP contribution in [0.4, 0.5) is 14.5 Å². The summed E-state index contributed by atoms with van der Waals surface area (Å²) in [4.78, 5) is 41.3. The van der Waals surface area contributed by atoms with Gasteiger partial charge in [-0.3, -0.25) is 14.4 Å². The van der Waals surface area contributed by atoms with Crippen molar-refractivity contribution in [3.63, 3.8) is 0 Å². The lowest BCUT2D eigenvalue weighted by atomic mass is 9.91. The van der Waals surface area contributed by atoms with Gasteiger partial charge in [-0.2, -0.15) is 0 Å². The van der Waals surface area contributed by atoms with Crippen molar-refractivity contribution in [2.45, 2.75) is 45.2 Å². The van der Waals surface area contributed by atoms with Crippen LogP contribution in [0.25, 0.3) is 0 Å². The van der Waals surface area contributed by atoms with E-state index in [4.69, 9.17) is 0 Å². The zero-order valence-electron chi connectivity index (χ0n) is 17.9. The first kappa shape index (κ1) is 21.9. The first-order valence-electron chi connectivity index (χ1n) is 10.8. The molecule has 1 fully saturated rings. The number of hydrogen-bond donors (Lipinski definition) is 1. The number of carbonyl (C=O) groups excluding carboxylic acids is 3. The van der Waals surface area contributed by atoms with Gasteiger partial charge in [-0.1, -0.05) is 19.1 Å². The maximum atomic E-state index is 14.4. The summed E-state index contributed by atoms with van der Waals surface area (Å²) in [6, 6.07) is 7.75. The molecule has 2 aliphatic heterocycles. The summed E-state index contributed by atoms with van der Waals surface area (Å²) in [7, 11) is 0. The Bertz CT molecular complexity index is 1050. The van der Waals surface area contributed by atoms with Gasteiger partial charge in [-0.15, -0.1) is 0 Å². The number of fused-ring (bicyclic) bond motifs is 1. The first-order valence-corrected chi connectivity index (χ1v) is 10.8. The molecule has 6 nitrogen and oxygen atoms in total. The molecule has 168 valence electrons. The average molecular weight is 441 g/mol. The van der Waals surface area contributed by atoms with Crippen LogP contribution >= 0.6 is 0 Å². The number of rotatable bonds is 4. The van der Waals surface area contributed by atoms with Crippen molar-refractivity contribution in [1.29, 1.82) is 0 Å². The van der Waals surface area contributed by atoms with Crippen molar-refractivity contribution in [1.82, 2.24) is 9.80 Å². The maximum Gasteiger partial charge on any atom is 0.260 e. The highest BCUT2D eigenvalue weighted by Gasteiger charge is 2.39. The normalized spacial score (nSPS) is 17.8. The van der Waals surface area contributed by atoms with Crippen LogP contribution in [0.5, 0.6) is 0 Å². The third kappa shape index (κ3) is 4.22. The van der Waals surface area contributed by atoms with E-state index in [9.17, 15) is 23.2 Å². The second kappa shape index (κ2) is 9.06. The molecule has 0 aromatic heterocycles. The lowest BCUT2D eigenvalue weighted by Gasteiger charge is -2.38. The van der Waals surface area contributed by atoms with Gasteiger partial charge >= 0.3 is 0 Å². The SMILES string of the molecule is CCC(=O)Nc1ccc2c(c1)CN(C(=O)c1c(F)cccc1F)C(C(=O)N1CCCC1)C2. The van der Waals surface area contributed by atoms with E-state index in [1.807, 2.05) is 6.07 Å². The molecule has 0 bridgehead atoms. The van der Waals surface area contributed by atoms with Crippen molar-refractivity contribution in [3.05, 3.63) is 64.7 Å². The van der Waals surface area contributed by atoms with Crippen molar-refractivity contribution in [3.8, 4) is 0 Å². The van der Waals surface area contributed by atoms with Crippen LogP contribution in [0.3, 0.4) is 0 Å². The summed E-state index contributed by atoms with van der Waals surface area (Å²) in [6.45, 7) is 2.98. The highest BCUT2D eigenvalue weighted by atomic mass is 19.1. The van der Waals surface area contributed by atoms with E-state index in [2.05, 4.69) is 5.32 Å². The van der Waals surface area contributed by atoms with E-state index < -0.39 is 29.1 Å². The minimum absolute atomic E-state index is 0.0159. The number of amides is 3. The summed E-state index contributed by atoms with van der Waals surface area (Å²) in [5, 5.41) is 2.78. The summed E-state index contributed by atoms with van der Waals surface area (Å²) >= 11 is 0. The third-order valence-corrected chi connectivity index (χ3v) is 6.08. The Kier molecular flexibility index (Phi) is 6.21. The molecule has 1 atom stereocenters. The molecular formula is C24H25F2N3O3. The number of nitrogens with one attached hydrogen (secondary N) is 1. The number of carbonyl (C=O) groups is 3. The Morgan fingerprint density at radius 2 is 1.72 bits per heavy atom. The maximum absolute atomic E-state index is 14.4. The zero-order chi connectivity index (χ0) is 22.8. The Morgan fingerprint density at radius 3 is 2.38 bits per heavy atom. The molecule has 2 aliphatic rings. The minimum Gasteiger partial charge on any atom is -0.341 e. The van der Waals surface area contributed by atoms with Crippen molar-refractivity contribution in [2.75, 3.05) is 18.4 Å². The van der Waals surface area contributed by atoms with Crippen LogP contribution in [0.15, 0.2) is 36.4 Å². The molecule has 8 heteroatoms. The molecule has 4 rings (SSSR count). The lowest BCUT2D eigenvalue weighted by molar-refractivity contribution is -0.135. The molecule has 0 radical (unpaired) electrons. The summed E-state index contributed by atoms with van der Waals surface area (Å²) in [5.41, 5.74) is 1.51. The van der Waals surface area contributed by atoms with Crippen molar-refractivity contribution < 1.29 is 23.2 Å². The van der Waals surface area contributed by atoms with Gasteiger partial charge < -0.3 is 15.1 Å². The lowest BCUT2D eigenvalue weighted by Crippen LogP contribution is -2.53. The average Bonchev–Trinajstić information content (AvgIpc) is 3.32. The summed E-state index contributed by atoms with van der Waals surface area (Å²) in [5.74, 6) is -3.13. The predicted molar refractivity (Wildman–Crippen MR) is 115 cm³/mol. The molecule has 0 saturated carbocycles. The fourth-order valence-electron chi connectivity index (χ4n) is 4.34. The predicted octanol–water partition coefficient (Wildman–Crippen LogP) is 3.50. The largest absolute Gasteiger partial charge is 0.341 e. The van der Waals surface area contributed by atoms with Gasteiger partial charge in [0, 0.05) is 38.2 Å². The molecule has 1 N–H and O–H groups in total. The second-order valence-electron chi connectivity index (χ2n) is 8.17. The van der Waals surface area contributed by atoms with Crippen LogP contribution < -0.4 is 5.32 Å². The number of halogens is 2. The number of benzene rings is 2. The molecule has 1 unspecified atom stereocenters. The molecule has 0 aliphatic carbocycles. The van der Waals surface area contributed by atoms with Crippen molar-refractivity contribution >= 4 is 23.4 Å². The van der Waals surface area contributed by atoms with Crippen LogP contribution in [-0.2, 0) is 22.6 Å². The molecular weight excluding hydrogens is 416 g/mol. The smallest absolute Gasteiger partial charge is 0.260 e. The standard InChI is InChI=1S/C24H25F2N3O3/c1-2-21(30)27-17-9-8-15-13-20(23(31)28-10-3-4-11-28)29(14-16(15)12-17)24(32)22-18(25)6-5-7-19(22)26/h5-9,12,20H,2-4,10-11,13-14H2,1H3,(H,27,30). The van der Waals surface area contributed by atoms with Crippen molar-refractivity contribution in [2.24, 2.45) is 0 Å². The Morgan fingerprint density at radius 1 is 1.03 bits per heavy atom. The van der Waals surface area contributed by atoms with E-state index >= 15 is 0 Å². The fourth-order valence-corrected chi connectivity index (χ4v) is 4.34. The molecule has 32 heavy (non-hydrogen) atoms. The van der Waals surface area contributed by atoms with Gasteiger partial charge in [0.2, 0.25) is 11.8 Å². The van der Waals surface area contributed by atoms with Gasteiger partial charge in [-0.05, 0) is 48.2 Å². The molecule has 2 heterocycles. The van der Waals surface area contributed by atoms with Gasteiger partial charge in [0.05, 0.1) is 0 Å². The molecule has 1 saturated heterocycles. The molecule has 3 amide bonds. The first-order chi connectivity index (χ1) is 15.4. The summed E-state index contributed by atoms with van der Waals surface area (Å²) in [6.07, 6.45) is 2.35. The van der Waals surface area contributed by atoms with E-state index in [0.717, 1.165) is 36.1 Å². The van der Waals surface area contributed by atoms with Gasteiger partial charge in [0.25, 0.3) is 5.91 Å². The van der Waals surface area contributed by atoms with E-state index in [-0.39, 0.29) is 24.8 Å². The van der Waals surface area contributed by atoms with E-state index in [1.54, 1.807) is 24.0 Å². The van der Waals surface area contributed by atoms with Crippen LogP contribution in [0.2, 0.25) is 0 Å². The highest BCUT2D eigenvalue weighted by Crippen LogP contribution is 2.30. The Labute approximate surface area is 185 Å². The highest BCUT2D eigenvalue weighted by molar-refractivity contribution is 5.98. The topological polar surface area (TPSA) is 69.7 Å². The summed E-state index contributed by atoms with van der Waals surface area (Å²) < 4.78 is 28.8. The Hall–Kier alpha value is -3.29. The van der Waals surface area contributed by atoms with Gasteiger partial charge in [0.1, 0.15) is 23.2 Å². The number of likely N-dealkylation sites (tertiary alicyclic amines) is 1. The zero-order valence-corrected chi connectivity index (χ0v) is 17.9. The second-order valence-corrected chi connectivity index (χ2v) is 8.17. The molecule has 0 spiro atoms. The van der Waals surface area contributed by atoms with E-state index in [0.29, 0.717) is 25.2 Å². The van der Waals surface area contributed by atoms with Crippen LogP contribution in [-0.4, -0.2) is 46.7 Å². The van der Waals surface area contributed by atoms with Gasteiger partial charge in [0.15, 0.2) is 0 Å². The number of hydrogen-bond acceptors (Lipinski definition) is 3. The van der Waals surface area contributed by atoms with Gasteiger partial charge in [-0.25, -0.2) is 8.78 Å². The quantitative estimate of drug-likeness (QED) is 0.790. The monoisotopic (exact) mass is 441 g/mol. The molecule has 2 aromatic carbocycles. The number of anilines is 1. The Balaban J connectivity index is 1.71. The molecule has 2 aromatic rings. The van der Waals surface area contributed by atoms with E-state index in [1.165, 1.54) is 11.0 Å². The number of nitrogens with zero attached hydrogens (tertiary/aromatic N) is 2. The third-order valence-electron chi connectivity index (χ3n) is 6.08. The minimum atomic E-state index is -0.961. The fraction of sp³-hybridized carbons (Fsp3) is 0.375. The van der Waals surface area contributed by atoms with Crippen LogP contribution in [0, 0.1) is 11.6 Å².